The standard InChI is InChI=1S/C22H21N3O3S/c1-3-18(21(26)23-15-9-5-4-8-14(15)2)29-22-24-19(16-10-6-12-27-16)20(25-22)17-11-7-13-28-17/h4-13,18H,3H2,1-2H3,(H,23,26)(H,24,25). The number of aromatic nitrogens is 2. The van der Waals surface area contributed by atoms with Crippen LogP contribution in [-0.2, 0) is 4.79 Å². The molecule has 0 bridgehead atoms. The summed E-state index contributed by atoms with van der Waals surface area (Å²) in [6.45, 7) is 3.96. The Labute approximate surface area is 172 Å². The van der Waals surface area contributed by atoms with Crippen molar-refractivity contribution >= 4 is 23.4 Å². The SMILES string of the molecule is CCC(Sc1nc(-c2ccco2)c(-c2ccco2)[nH]1)C(=O)Nc1ccccc1C. The van der Waals surface area contributed by atoms with Gasteiger partial charge in [-0.2, -0.15) is 0 Å². The van der Waals surface area contributed by atoms with E-state index >= 15 is 0 Å². The van der Waals surface area contributed by atoms with Crippen molar-refractivity contribution in [3.63, 3.8) is 0 Å². The summed E-state index contributed by atoms with van der Waals surface area (Å²) >= 11 is 1.39. The lowest BCUT2D eigenvalue weighted by atomic mass is 10.2. The van der Waals surface area contributed by atoms with Crippen molar-refractivity contribution in [2.45, 2.75) is 30.7 Å². The fourth-order valence-electron chi connectivity index (χ4n) is 2.98. The van der Waals surface area contributed by atoms with E-state index in [2.05, 4.69) is 15.3 Å². The predicted octanol–water partition coefficient (Wildman–Crippen LogP) is 5.75. The van der Waals surface area contributed by atoms with Gasteiger partial charge in [0.05, 0.1) is 17.8 Å². The maximum absolute atomic E-state index is 12.8. The molecule has 0 radical (unpaired) electrons. The molecule has 0 aliphatic heterocycles. The van der Waals surface area contributed by atoms with Gasteiger partial charge in [0, 0.05) is 5.69 Å². The van der Waals surface area contributed by atoms with E-state index in [-0.39, 0.29) is 11.2 Å². The van der Waals surface area contributed by atoms with Crippen molar-refractivity contribution in [1.29, 1.82) is 0 Å². The first-order chi connectivity index (χ1) is 14.2. The molecule has 7 heteroatoms. The third-order valence-electron chi connectivity index (χ3n) is 4.52. The minimum Gasteiger partial charge on any atom is -0.463 e. The predicted molar refractivity (Wildman–Crippen MR) is 114 cm³/mol. The van der Waals surface area contributed by atoms with Crippen LogP contribution in [0.2, 0.25) is 0 Å². The molecule has 1 atom stereocenters. The molecule has 0 saturated carbocycles. The number of amides is 1. The van der Waals surface area contributed by atoms with Crippen molar-refractivity contribution in [3.05, 3.63) is 66.6 Å². The normalized spacial score (nSPS) is 12.1. The summed E-state index contributed by atoms with van der Waals surface area (Å²) in [5.74, 6) is 1.24. The number of para-hydroxylation sites is 1. The Morgan fingerprint density at radius 3 is 2.48 bits per heavy atom. The van der Waals surface area contributed by atoms with Crippen LogP contribution in [0.5, 0.6) is 0 Å². The monoisotopic (exact) mass is 407 g/mol. The lowest BCUT2D eigenvalue weighted by Gasteiger charge is -2.14. The van der Waals surface area contributed by atoms with Gasteiger partial charge in [-0.1, -0.05) is 36.9 Å². The highest BCUT2D eigenvalue weighted by Crippen LogP contribution is 2.35. The van der Waals surface area contributed by atoms with Crippen LogP contribution in [0.25, 0.3) is 22.9 Å². The third kappa shape index (κ3) is 4.14. The van der Waals surface area contributed by atoms with E-state index in [1.54, 1.807) is 12.5 Å². The third-order valence-corrected chi connectivity index (χ3v) is 5.77. The van der Waals surface area contributed by atoms with E-state index in [0.29, 0.717) is 28.8 Å². The van der Waals surface area contributed by atoms with Crippen molar-refractivity contribution in [2.75, 3.05) is 5.32 Å². The number of carbonyl (C=O) groups is 1. The van der Waals surface area contributed by atoms with E-state index in [1.165, 1.54) is 11.8 Å². The van der Waals surface area contributed by atoms with Crippen LogP contribution < -0.4 is 5.32 Å². The summed E-state index contributed by atoms with van der Waals surface area (Å²) in [4.78, 5) is 20.8. The molecule has 0 aliphatic rings. The van der Waals surface area contributed by atoms with Gasteiger partial charge in [0.15, 0.2) is 16.7 Å². The molecule has 6 nitrogen and oxygen atoms in total. The minimum atomic E-state index is -0.297. The van der Waals surface area contributed by atoms with Gasteiger partial charge in [-0.05, 0) is 49.2 Å². The van der Waals surface area contributed by atoms with E-state index in [9.17, 15) is 4.79 Å². The number of rotatable bonds is 7. The molecule has 3 aromatic heterocycles. The Balaban J connectivity index is 1.58. The summed E-state index contributed by atoms with van der Waals surface area (Å²) in [6.07, 6.45) is 3.88. The molecular weight excluding hydrogens is 386 g/mol. The molecule has 4 rings (SSSR count). The largest absolute Gasteiger partial charge is 0.463 e. The topological polar surface area (TPSA) is 84.1 Å². The van der Waals surface area contributed by atoms with E-state index in [1.807, 2.05) is 62.4 Å². The van der Waals surface area contributed by atoms with Gasteiger partial charge in [-0.3, -0.25) is 4.79 Å². The van der Waals surface area contributed by atoms with Crippen LogP contribution in [0, 0.1) is 6.92 Å². The average Bonchev–Trinajstić information content (AvgIpc) is 3.47. The first-order valence-electron chi connectivity index (χ1n) is 9.36. The fraction of sp³-hybridized carbons (Fsp3) is 0.182. The maximum Gasteiger partial charge on any atom is 0.237 e. The van der Waals surface area contributed by atoms with Crippen molar-refractivity contribution in [1.82, 2.24) is 9.97 Å². The highest BCUT2D eigenvalue weighted by Gasteiger charge is 2.24. The molecule has 1 aromatic carbocycles. The number of anilines is 1. The zero-order valence-electron chi connectivity index (χ0n) is 16.1. The highest BCUT2D eigenvalue weighted by molar-refractivity contribution is 8.00. The summed E-state index contributed by atoms with van der Waals surface area (Å²) in [5.41, 5.74) is 3.23. The molecule has 1 unspecified atom stereocenters. The first kappa shape index (κ1) is 19.1. The Bertz CT molecular complexity index is 1030. The molecule has 3 heterocycles. The first-order valence-corrected chi connectivity index (χ1v) is 10.2. The van der Waals surface area contributed by atoms with Gasteiger partial charge in [-0.25, -0.2) is 4.98 Å². The minimum absolute atomic E-state index is 0.0534. The Morgan fingerprint density at radius 2 is 1.83 bits per heavy atom. The number of aromatic amines is 1. The lowest BCUT2D eigenvalue weighted by Crippen LogP contribution is -2.25. The lowest BCUT2D eigenvalue weighted by molar-refractivity contribution is -0.115. The van der Waals surface area contributed by atoms with Crippen LogP contribution in [0.4, 0.5) is 5.69 Å². The van der Waals surface area contributed by atoms with Crippen LogP contribution in [0.3, 0.4) is 0 Å². The number of thioether (sulfide) groups is 1. The fourth-order valence-corrected chi connectivity index (χ4v) is 3.89. The van der Waals surface area contributed by atoms with Gasteiger partial charge in [0.2, 0.25) is 5.91 Å². The number of imidazole rings is 1. The second-order valence-corrected chi connectivity index (χ2v) is 7.73. The number of benzene rings is 1. The smallest absolute Gasteiger partial charge is 0.237 e. The number of nitrogens with one attached hydrogen (secondary N) is 2. The quantitative estimate of drug-likeness (QED) is 0.381. The summed E-state index contributed by atoms with van der Waals surface area (Å²) in [6, 6.07) is 15.1. The number of hydrogen-bond acceptors (Lipinski definition) is 5. The molecule has 2 N–H and O–H groups in total. The molecule has 0 aliphatic carbocycles. The molecule has 4 aromatic rings. The number of nitrogens with zero attached hydrogens (tertiary/aromatic N) is 1. The Morgan fingerprint density at radius 1 is 1.10 bits per heavy atom. The molecular formula is C22H21N3O3S. The van der Waals surface area contributed by atoms with Crippen molar-refractivity contribution in [2.24, 2.45) is 0 Å². The second-order valence-electron chi connectivity index (χ2n) is 6.54. The van der Waals surface area contributed by atoms with Crippen LogP contribution in [-0.4, -0.2) is 21.1 Å². The van der Waals surface area contributed by atoms with Crippen molar-refractivity contribution < 1.29 is 13.6 Å². The number of aryl methyl sites for hydroxylation is 1. The number of furan rings is 2. The van der Waals surface area contributed by atoms with Gasteiger partial charge in [0.25, 0.3) is 0 Å². The molecule has 0 fully saturated rings. The van der Waals surface area contributed by atoms with Crippen molar-refractivity contribution in [3.8, 4) is 22.9 Å². The van der Waals surface area contributed by atoms with Gasteiger partial charge in [0.1, 0.15) is 11.4 Å². The summed E-state index contributed by atoms with van der Waals surface area (Å²) in [7, 11) is 0. The number of hydrogen-bond donors (Lipinski definition) is 2. The zero-order valence-corrected chi connectivity index (χ0v) is 17.0. The van der Waals surface area contributed by atoms with Crippen LogP contribution in [0.15, 0.2) is 75.0 Å². The molecule has 29 heavy (non-hydrogen) atoms. The Kier molecular flexibility index (Phi) is 5.57. The van der Waals surface area contributed by atoms with Gasteiger partial charge >= 0.3 is 0 Å². The maximum atomic E-state index is 12.8. The zero-order chi connectivity index (χ0) is 20.2. The average molecular weight is 407 g/mol. The highest BCUT2D eigenvalue weighted by atomic mass is 32.2. The van der Waals surface area contributed by atoms with E-state index in [4.69, 9.17) is 8.83 Å². The number of H-pyrrole nitrogens is 1. The number of carbonyl (C=O) groups excluding carboxylic acids is 1. The van der Waals surface area contributed by atoms with Gasteiger partial charge in [-0.15, -0.1) is 0 Å². The summed E-state index contributed by atoms with van der Waals surface area (Å²) < 4.78 is 11.1. The summed E-state index contributed by atoms with van der Waals surface area (Å²) in [5, 5.41) is 3.36. The van der Waals surface area contributed by atoms with Gasteiger partial charge < -0.3 is 19.1 Å². The Hall–Kier alpha value is -3.19. The molecule has 0 spiro atoms. The van der Waals surface area contributed by atoms with Crippen LogP contribution in [0.1, 0.15) is 18.9 Å². The molecule has 1 amide bonds. The van der Waals surface area contributed by atoms with E-state index in [0.717, 1.165) is 16.9 Å². The second kappa shape index (κ2) is 8.45. The molecule has 148 valence electrons. The van der Waals surface area contributed by atoms with E-state index < -0.39 is 0 Å². The van der Waals surface area contributed by atoms with Crippen LogP contribution >= 0.6 is 11.8 Å². The molecule has 0 saturated heterocycles.